The van der Waals surface area contributed by atoms with Crippen molar-refractivity contribution < 1.29 is 18.8 Å². The van der Waals surface area contributed by atoms with Gasteiger partial charge in [0.05, 0.1) is 6.26 Å². The molecule has 0 aromatic carbocycles. The fraction of sp³-hybridized carbons (Fsp3) is 0.632. The maximum Gasteiger partial charge on any atom is 0.286 e. The zero-order valence-electron chi connectivity index (χ0n) is 15.1. The molecule has 1 saturated carbocycles. The highest BCUT2D eigenvalue weighted by Gasteiger charge is 2.30. The van der Waals surface area contributed by atoms with Crippen molar-refractivity contribution in [2.24, 2.45) is 5.92 Å². The first-order valence-corrected chi connectivity index (χ1v) is 9.53. The summed E-state index contributed by atoms with van der Waals surface area (Å²) in [7, 11) is 0. The number of rotatable bonds is 6. The Balaban J connectivity index is 1.32. The molecule has 1 aliphatic heterocycles. The molecule has 1 N–H and O–H groups in total. The molecule has 0 spiro atoms. The number of nitrogens with one attached hydrogen (secondary N) is 1. The van der Waals surface area contributed by atoms with Gasteiger partial charge in [0, 0.05) is 45.1 Å². The molecule has 26 heavy (non-hydrogen) atoms. The SMILES string of the molecule is O=C(NCCCC(=O)N1CCN(C(=O)C2CCCC2)CC1)c1ccco1. The minimum absolute atomic E-state index is 0.0882. The van der Waals surface area contributed by atoms with E-state index < -0.39 is 0 Å². The second kappa shape index (κ2) is 8.87. The minimum Gasteiger partial charge on any atom is -0.459 e. The molecule has 1 aromatic rings. The molecule has 0 unspecified atom stereocenters. The fourth-order valence-corrected chi connectivity index (χ4v) is 3.70. The lowest BCUT2D eigenvalue weighted by molar-refractivity contribution is -0.142. The van der Waals surface area contributed by atoms with Crippen LogP contribution in [0.25, 0.3) is 0 Å². The van der Waals surface area contributed by atoms with E-state index in [0.717, 1.165) is 25.7 Å². The van der Waals surface area contributed by atoms with Crippen LogP contribution in [0.15, 0.2) is 22.8 Å². The molecule has 3 amide bonds. The molecular weight excluding hydrogens is 334 g/mol. The van der Waals surface area contributed by atoms with Gasteiger partial charge in [-0.2, -0.15) is 0 Å². The van der Waals surface area contributed by atoms with E-state index in [4.69, 9.17) is 4.42 Å². The Labute approximate surface area is 153 Å². The Bertz CT molecular complexity index is 615. The molecule has 3 rings (SSSR count). The molecule has 2 heterocycles. The summed E-state index contributed by atoms with van der Waals surface area (Å²) in [4.78, 5) is 40.2. The third kappa shape index (κ3) is 4.65. The first kappa shape index (κ1) is 18.5. The Morgan fingerprint density at radius 2 is 1.77 bits per heavy atom. The van der Waals surface area contributed by atoms with Gasteiger partial charge in [-0.05, 0) is 31.4 Å². The van der Waals surface area contributed by atoms with Crippen molar-refractivity contribution in [2.45, 2.75) is 38.5 Å². The van der Waals surface area contributed by atoms with Gasteiger partial charge in [0.25, 0.3) is 5.91 Å². The van der Waals surface area contributed by atoms with E-state index in [0.29, 0.717) is 45.6 Å². The molecule has 7 heteroatoms. The van der Waals surface area contributed by atoms with Crippen LogP contribution in [0.1, 0.15) is 49.1 Å². The monoisotopic (exact) mass is 361 g/mol. The second-order valence-electron chi connectivity index (χ2n) is 7.02. The summed E-state index contributed by atoms with van der Waals surface area (Å²) < 4.78 is 5.02. The number of furan rings is 1. The zero-order chi connectivity index (χ0) is 18.4. The van der Waals surface area contributed by atoms with Crippen LogP contribution in [0.5, 0.6) is 0 Å². The second-order valence-corrected chi connectivity index (χ2v) is 7.02. The normalized spacial score (nSPS) is 18.2. The summed E-state index contributed by atoms with van der Waals surface area (Å²) in [6.45, 7) is 2.92. The number of piperazine rings is 1. The summed E-state index contributed by atoms with van der Waals surface area (Å²) in [5, 5.41) is 2.74. The van der Waals surface area contributed by atoms with Crippen molar-refractivity contribution in [1.29, 1.82) is 0 Å². The molecule has 0 radical (unpaired) electrons. The lowest BCUT2D eigenvalue weighted by Gasteiger charge is -2.36. The summed E-state index contributed by atoms with van der Waals surface area (Å²) in [6.07, 6.45) is 6.79. The molecule has 2 fully saturated rings. The maximum absolute atomic E-state index is 12.4. The molecule has 0 bridgehead atoms. The van der Waals surface area contributed by atoms with Crippen LogP contribution in [0.3, 0.4) is 0 Å². The predicted molar refractivity (Wildman–Crippen MR) is 95.4 cm³/mol. The van der Waals surface area contributed by atoms with E-state index in [1.165, 1.54) is 6.26 Å². The van der Waals surface area contributed by atoms with Crippen molar-refractivity contribution in [3.63, 3.8) is 0 Å². The van der Waals surface area contributed by atoms with E-state index in [-0.39, 0.29) is 29.4 Å². The minimum atomic E-state index is -0.263. The van der Waals surface area contributed by atoms with Gasteiger partial charge in [-0.15, -0.1) is 0 Å². The van der Waals surface area contributed by atoms with Gasteiger partial charge in [-0.1, -0.05) is 12.8 Å². The van der Waals surface area contributed by atoms with Crippen LogP contribution in [0.4, 0.5) is 0 Å². The molecule has 1 saturated heterocycles. The summed E-state index contributed by atoms with van der Waals surface area (Å²) >= 11 is 0. The summed E-state index contributed by atoms with van der Waals surface area (Å²) in [5.41, 5.74) is 0. The molecule has 7 nitrogen and oxygen atoms in total. The van der Waals surface area contributed by atoms with Crippen molar-refractivity contribution in [2.75, 3.05) is 32.7 Å². The number of amides is 3. The molecular formula is C19H27N3O4. The van der Waals surface area contributed by atoms with Gasteiger partial charge in [-0.25, -0.2) is 0 Å². The Morgan fingerprint density at radius 3 is 2.42 bits per heavy atom. The lowest BCUT2D eigenvalue weighted by Crippen LogP contribution is -2.51. The topological polar surface area (TPSA) is 82.9 Å². The summed E-state index contributed by atoms with van der Waals surface area (Å²) in [5.74, 6) is 0.580. The Kier molecular flexibility index (Phi) is 6.30. The van der Waals surface area contributed by atoms with E-state index in [9.17, 15) is 14.4 Å². The Morgan fingerprint density at radius 1 is 1.08 bits per heavy atom. The van der Waals surface area contributed by atoms with Crippen LogP contribution in [-0.2, 0) is 9.59 Å². The van der Waals surface area contributed by atoms with Crippen LogP contribution in [-0.4, -0.2) is 60.2 Å². The predicted octanol–water partition coefficient (Wildman–Crippen LogP) is 1.65. The maximum atomic E-state index is 12.4. The number of carbonyl (C=O) groups excluding carboxylic acids is 3. The Hall–Kier alpha value is -2.31. The van der Waals surface area contributed by atoms with Gasteiger partial charge in [0.15, 0.2) is 5.76 Å². The largest absolute Gasteiger partial charge is 0.459 e. The highest BCUT2D eigenvalue weighted by molar-refractivity contribution is 5.91. The number of hydrogen-bond donors (Lipinski definition) is 1. The first-order chi connectivity index (χ1) is 12.6. The van der Waals surface area contributed by atoms with Gasteiger partial charge < -0.3 is 19.5 Å². The standard InChI is InChI=1S/C19H27N3O4/c23-17(8-3-9-20-18(24)16-7-4-14-26-16)21-10-12-22(13-11-21)19(25)15-5-1-2-6-15/h4,7,14-15H,1-3,5-6,8-13H2,(H,20,24). The summed E-state index contributed by atoms with van der Waals surface area (Å²) in [6, 6.07) is 3.27. The third-order valence-electron chi connectivity index (χ3n) is 5.25. The van der Waals surface area contributed by atoms with Crippen LogP contribution in [0, 0.1) is 5.92 Å². The first-order valence-electron chi connectivity index (χ1n) is 9.53. The van der Waals surface area contributed by atoms with Crippen molar-refractivity contribution >= 4 is 17.7 Å². The average molecular weight is 361 g/mol. The molecule has 0 atom stereocenters. The smallest absolute Gasteiger partial charge is 0.286 e. The van der Waals surface area contributed by atoms with Crippen LogP contribution < -0.4 is 5.32 Å². The number of hydrogen-bond acceptors (Lipinski definition) is 4. The van der Waals surface area contributed by atoms with E-state index in [2.05, 4.69) is 5.32 Å². The van der Waals surface area contributed by atoms with Gasteiger partial charge in [-0.3, -0.25) is 14.4 Å². The molecule has 2 aliphatic rings. The lowest BCUT2D eigenvalue weighted by atomic mass is 10.1. The van der Waals surface area contributed by atoms with E-state index in [1.54, 1.807) is 12.1 Å². The fourth-order valence-electron chi connectivity index (χ4n) is 3.70. The molecule has 1 aromatic heterocycles. The quantitative estimate of drug-likeness (QED) is 0.781. The average Bonchev–Trinajstić information content (AvgIpc) is 3.38. The van der Waals surface area contributed by atoms with E-state index >= 15 is 0 Å². The van der Waals surface area contributed by atoms with Crippen LogP contribution >= 0.6 is 0 Å². The van der Waals surface area contributed by atoms with Crippen molar-refractivity contribution in [1.82, 2.24) is 15.1 Å². The highest BCUT2D eigenvalue weighted by Crippen LogP contribution is 2.26. The number of nitrogens with zero attached hydrogens (tertiary/aromatic N) is 2. The van der Waals surface area contributed by atoms with Crippen molar-refractivity contribution in [3.8, 4) is 0 Å². The van der Waals surface area contributed by atoms with Crippen molar-refractivity contribution in [3.05, 3.63) is 24.2 Å². The zero-order valence-corrected chi connectivity index (χ0v) is 15.1. The molecule has 142 valence electrons. The van der Waals surface area contributed by atoms with Gasteiger partial charge >= 0.3 is 0 Å². The van der Waals surface area contributed by atoms with Crippen LogP contribution in [0.2, 0.25) is 0 Å². The number of carbonyl (C=O) groups is 3. The van der Waals surface area contributed by atoms with E-state index in [1.807, 2.05) is 9.80 Å². The van der Waals surface area contributed by atoms with Gasteiger partial charge in [0.1, 0.15) is 0 Å². The van der Waals surface area contributed by atoms with Gasteiger partial charge in [0.2, 0.25) is 11.8 Å². The highest BCUT2D eigenvalue weighted by atomic mass is 16.3. The molecule has 1 aliphatic carbocycles. The third-order valence-corrected chi connectivity index (χ3v) is 5.25.